The molecule has 1 aliphatic carbocycles. The molecule has 0 radical (unpaired) electrons. The van der Waals surface area contributed by atoms with Crippen LogP contribution < -0.4 is 5.32 Å². The highest BCUT2D eigenvalue weighted by atomic mass is 16.5. The van der Waals surface area contributed by atoms with E-state index in [0.29, 0.717) is 18.4 Å². The maximum absolute atomic E-state index is 12.3. The molecule has 0 atom stereocenters. The zero-order valence-corrected chi connectivity index (χ0v) is 18.6. The lowest BCUT2D eigenvalue weighted by molar-refractivity contribution is -0.140. The highest BCUT2D eigenvalue weighted by molar-refractivity contribution is 6.22. The van der Waals surface area contributed by atoms with E-state index in [-0.39, 0.29) is 18.0 Å². The first kappa shape index (κ1) is 22.2. The number of hydrogen-bond donors (Lipinski definition) is 2. The Morgan fingerprint density at radius 1 is 0.857 bits per heavy atom. The van der Waals surface area contributed by atoms with Gasteiger partial charge in [0.15, 0.2) is 5.82 Å². The monoisotopic (exact) mass is 467 g/mol. The van der Waals surface area contributed by atoms with Crippen molar-refractivity contribution in [3.63, 3.8) is 0 Å². The number of hydrogen-bond acceptors (Lipinski definition) is 5. The van der Waals surface area contributed by atoms with Crippen LogP contribution in [0.2, 0.25) is 0 Å². The molecule has 0 unspecified atom stereocenters. The summed E-state index contributed by atoms with van der Waals surface area (Å²) in [5.74, 6) is -1.30. The maximum atomic E-state index is 12.3. The van der Waals surface area contributed by atoms with Crippen LogP contribution in [0.5, 0.6) is 0 Å². The van der Waals surface area contributed by atoms with Crippen LogP contribution in [0.25, 0.3) is 16.7 Å². The second kappa shape index (κ2) is 8.98. The average molecular weight is 467 g/mol. The van der Waals surface area contributed by atoms with Crippen molar-refractivity contribution in [1.82, 2.24) is 5.32 Å². The van der Waals surface area contributed by atoms with E-state index in [9.17, 15) is 19.5 Å². The fourth-order valence-electron chi connectivity index (χ4n) is 4.06. The molecule has 8 nitrogen and oxygen atoms in total. The van der Waals surface area contributed by atoms with Crippen LogP contribution in [-0.4, -0.2) is 23.1 Å². The van der Waals surface area contributed by atoms with E-state index in [1.54, 1.807) is 12.1 Å². The number of carboxylic acid groups (broad SMARTS) is 1. The van der Waals surface area contributed by atoms with Crippen molar-refractivity contribution in [2.45, 2.75) is 24.9 Å². The summed E-state index contributed by atoms with van der Waals surface area (Å²) < 4.78 is 5.21. The standard InChI is InChI=1S/C27H21N3O5/c31-24-22(23(29-30-24)28-26(34)35-16-17-4-2-1-3-5-17)20-8-6-18(7-9-20)19-10-12-21(13-11-19)27(14-15-27)25(32)33/h1-13H,14-16H2,(H,28,34)(H,32,33). The zero-order chi connectivity index (χ0) is 24.4. The number of ether oxygens (including phenoxy) is 1. The topological polar surface area (TPSA) is 117 Å². The quantitative estimate of drug-likeness (QED) is 0.504. The number of aliphatic carboxylic acids is 1. The van der Waals surface area contributed by atoms with Gasteiger partial charge in [-0.25, -0.2) is 4.79 Å². The van der Waals surface area contributed by atoms with Crippen LogP contribution in [0.3, 0.4) is 0 Å². The molecule has 8 heteroatoms. The minimum absolute atomic E-state index is 0.0357. The fraction of sp³-hybridized carbons (Fsp3) is 0.148. The number of azo groups is 1. The Bertz CT molecular complexity index is 1360. The van der Waals surface area contributed by atoms with Crippen molar-refractivity contribution in [1.29, 1.82) is 0 Å². The molecular formula is C27H21N3O5. The van der Waals surface area contributed by atoms with E-state index in [1.807, 2.05) is 66.7 Å². The number of amides is 2. The van der Waals surface area contributed by atoms with Crippen molar-refractivity contribution in [3.05, 3.63) is 101 Å². The summed E-state index contributed by atoms with van der Waals surface area (Å²) in [6.45, 7) is 0.0848. The molecule has 1 aliphatic heterocycles. The molecule has 2 aliphatic rings. The maximum Gasteiger partial charge on any atom is 0.413 e. The molecule has 3 aromatic rings. The summed E-state index contributed by atoms with van der Waals surface area (Å²) >= 11 is 0. The highest BCUT2D eigenvalue weighted by Gasteiger charge is 2.51. The molecule has 5 rings (SSSR count). The Morgan fingerprint density at radius 2 is 1.46 bits per heavy atom. The van der Waals surface area contributed by atoms with Crippen molar-refractivity contribution < 1.29 is 24.2 Å². The van der Waals surface area contributed by atoms with E-state index in [4.69, 9.17) is 4.74 Å². The smallest absolute Gasteiger partial charge is 0.413 e. The lowest BCUT2D eigenvalue weighted by Crippen LogP contribution is -2.23. The largest absolute Gasteiger partial charge is 0.481 e. The second-order valence-corrected chi connectivity index (χ2v) is 8.46. The van der Waals surface area contributed by atoms with Gasteiger partial charge in [-0.05, 0) is 40.7 Å². The van der Waals surface area contributed by atoms with Gasteiger partial charge in [-0.15, -0.1) is 10.2 Å². The Morgan fingerprint density at radius 3 is 2.06 bits per heavy atom. The average Bonchev–Trinajstić information content (AvgIpc) is 3.63. The van der Waals surface area contributed by atoms with Gasteiger partial charge in [0, 0.05) is 0 Å². The van der Waals surface area contributed by atoms with Crippen molar-refractivity contribution >= 4 is 23.5 Å². The SMILES string of the molecule is O=C(NC1=C(c2ccc(-c3ccc(C4(C(=O)O)CC4)cc3)cc2)C(=O)N=N1)OCc1ccccc1. The number of carboxylic acids is 1. The molecule has 0 saturated heterocycles. The first-order chi connectivity index (χ1) is 17.0. The summed E-state index contributed by atoms with van der Waals surface area (Å²) in [5, 5.41) is 19.3. The Labute approximate surface area is 201 Å². The van der Waals surface area contributed by atoms with Crippen LogP contribution in [0.1, 0.15) is 29.5 Å². The first-order valence-electron chi connectivity index (χ1n) is 11.1. The minimum Gasteiger partial charge on any atom is -0.481 e. The summed E-state index contributed by atoms with van der Waals surface area (Å²) in [5.41, 5.74) is 3.46. The van der Waals surface area contributed by atoms with Gasteiger partial charge in [0.1, 0.15) is 6.61 Å². The highest BCUT2D eigenvalue weighted by Crippen LogP contribution is 2.48. The second-order valence-electron chi connectivity index (χ2n) is 8.46. The third-order valence-corrected chi connectivity index (χ3v) is 6.23. The van der Waals surface area contributed by atoms with E-state index >= 15 is 0 Å². The Hall–Kier alpha value is -4.59. The molecule has 0 aromatic heterocycles. The number of carbonyl (C=O) groups excluding carboxylic acids is 2. The molecule has 0 spiro atoms. The van der Waals surface area contributed by atoms with E-state index in [1.165, 1.54) is 0 Å². The van der Waals surface area contributed by atoms with Crippen LogP contribution in [0.4, 0.5) is 4.79 Å². The number of benzene rings is 3. The molecular weight excluding hydrogens is 446 g/mol. The van der Waals surface area contributed by atoms with E-state index < -0.39 is 23.4 Å². The molecule has 174 valence electrons. The van der Waals surface area contributed by atoms with Gasteiger partial charge < -0.3 is 9.84 Å². The van der Waals surface area contributed by atoms with E-state index in [0.717, 1.165) is 22.3 Å². The third kappa shape index (κ3) is 4.46. The molecule has 2 N–H and O–H groups in total. The van der Waals surface area contributed by atoms with Gasteiger partial charge >= 0.3 is 12.1 Å². The lowest BCUT2D eigenvalue weighted by atomic mass is 9.93. The van der Waals surface area contributed by atoms with Crippen molar-refractivity contribution in [2.75, 3.05) is 0 Å². The van der Waals surface area contributed by atoms with Crippen molar-refractivity contribution in [2.24, 2.45) is 10.2 Å². The predicted octanol–water partition coefficient (Wildman–Crippen LogP) is 5.06. The van der Waals surface area contributed by atoms with Crippen LogP contribution >= 0.6 is 0 Å². The molecule has 2 amide bonds. The number of nitrogens with one attached hydrogen (secondary N) is 1. The summed E-state index contributed by atoms with van der Waals surface area (Å²) in [6, 6.07) is 23.9. The van der Waals surface area contributed by atoms with Gasteiger partial charge in [0.25, 0.3) is 5.91 Å². The number of rotatable bonds is 7. The van der Waals surface area contributed by atoms with Crippen LogP contribution in [0.15, 0.2) is 94.9 Å². The molecule has 3 aromatic carbocycles. The number of nitrogens with zero attached hydrogens (tertiary/aromatic N) is 2. The minimum atomic E-state index is -0.784. The summed E-state index contributed by atoms with van der Waals surface area (Å²) in [7, 11) is 0. The van der Waals surface area contributed by atoms with Gasteiger partial charge in [-0.3, -0.25) is 14.9 Å². The Balaban J connectivity index is 1.30. The zero-order valence-electron chi connectivity index (χ0n) is 18.6. The predicted molar refractivity (Wildman–Crippen MR) is 127 cm³/mol. The summed E-state index contributed by atoms with van der Waals surface area (Å²) in [6.07, 6.45) is 0.582. The molecule has 1 saturated carbocycles. The van der Waals surface area contributed by atoms with Crippen LogP contribution in [-0.2, 0) is 26.3 Å². The van der Waals surface area contributed by atoms with Crippen LogP contribution in [0, 0.1) is 0 Å². The molecule has 1 heterocycles. The first-order valence-corrected chi connectivity index (χ1v) is 11.1. The molecule has 0 bridgehead atoms. The Kier molecular flexibility index (Phi) is 5.70. The van der Waals surface area contributed by atoms with Gasteiger partial charge in [-0.1, -0.05) is 78.9 Å². The van der Waals surface area contributed by atoms with Gasteiger partial charge in [0.05, 0.1) is 11.0 Å². The normalized spacial score (nSPS) is 15.7. The number of alkyl carbamates (subject to hydrolysis) is 1. The summed E-state index contributed by atoms with van der Waals surface area (Å²) in [4.78, 5) is 36.1. The number of carbonyl (C=O) groups is 3. The van der Waals surface area contributed by atoms with Gasteiger partial charge in [-0.2, -0.15) is 0 Å². The fourth-order valence-corrected chi connectivity index (χ4v) is 4.06. The third-order valence-electron chi connectivity index (χ3n) is 6.23. The molecule has 1 fully saturated rings. The van der Waals surface area contributed by atoms with Gasteiger partial charge in [0.2, 0.25) is 0 Å². The van der Waals surface area contributed by atoms with Crippen molar-refractivity contribution in [3.8, 4) is 11.1 Å². The molecule has 35 heavy (non-hydrogen) atoms. The lowest BCUT2D eigenvalue weighted by Gasteiger charge is -2.11. The van der Waals surface area contributed by atoms with E-state index in [2.05, 4.69) is 15.5 Å².